The summed E-state index contributed by atoms with van der Waals surface area (Å²) in [6.45, 7) is 6.67. The lowest BCUT2D eigenvalue weighted by Gasteiger charge is -1.96. The Morgan fingerprint density at radius 3 is 1.91 bits per heavy atom. The Labute approximate surface area is 64.9 Å². The molecular weight excluding hydrogens is 142 g/mol. The van der Waals surface area contributed by atoms with Crippen LogP contribution in [-0.4, -0.2) is 12.2 Å². The van der Waals surface area contributed by atoms with Crippen molar-refractivity contribution in [3.05, 3.63) is 36.5 Å². The van der Waals surface area contributed by atoms with Crippen molar-refractivity contribution in [1.82, 2.24) is 0 Å². The fourth-order valence-electron chi connectivity index (χ4n) is 0.582. The van der Waals surface area contributed by atoms with E-state index in [0.717, 1.165) is 0 Å². The summed E-state index contributed by atoms with van der Waals surface area (Å²) in [5.41, 5.74) is 5.18. The molecule has 0 aliphatic rings. The van der Waals surface area contributed by atoms with Gasteiger partial charge in [-0.3, -0.25) is 9.59 Å². The van der Waals surface area contributed by atoms with Crippen LogP contribution in [0, 0.1) is 0 Å². The third-order valence-corrected chi connectivity index (χ3v) is 1.13. The number of allylic oxidation sites excluding steroid dienone is 2. The van der Waals surface area contributed by atoms with Crippen molar-refractivity contribution in [2.45, 2.75) is 0 Å². The van der Waals surface area contributed by atoms with Crippen LogP contribution < -0.4 is 5.73 Å². The number of aldehydes is 1. The van der Waals surface area contributed by atoms with Gasteiger partial charge in [-0.2, -0.15) is 0 Å². The summed E-state index contributed by atoms with van der Waals surface area (Å²) in [6, 6.07) is 0. The predicted octanol–water partition coefficient (Wildman–Crippen LogP) is 0.339. The van der Waals surface area contributed by atoms with Crippen LogP contribution in [0.25, 0.3) is 0 Å². The highest BCUT2D eigenvalue weighted by Crippen LogP contribution is 2.02. The zero-order valence-electron chi connectivity index (χ0n) is 6.04. The molecule has 0 aromatic rings. The minimum atomic E-state index is -0.679. The summed E-state index contributed by atoms with van der Waals surface area (Å²) < 4.78 is 0. The van der Waals surface area contributed by atoms with Gasteiger partial charge >= 0.3 is 0 Å². The second-order valence-corrected chi connectivity index (χ2v) is 1.76. The van der Waals surface area contributed by atoms with Crippen LogP contribution >= 0.6 is 0 Å². The molecule has 0 unspecified atom stereocenters. The first-order valence-electron chi connectivity index (χ1n) is 2.91. The lowest BCUT2D eigenvalue weighted by atomic mass is 10.1. The average Bonchev–Trinajstić information content (AvgIpc) is 1.99. The molecule has 0 spiro atoms. The van der Waals surface area contributed by atoms with E-state index in [1.165, 1.54) is 12.2 Å². The zero-order chi connectivity index (χ0) is 8.85. The van der Waals surface area contributed by atoms with Crippen molar-refractivity contribution >= 4 is 12.2 Å². The van der Waals surface area contributed by atoms with Gasteiger partial charge in [-0.05, 0) is 0 Å². The van der Waals surface area contributed by atoms with E-state index in [-0.39, 0.29) is 11.1 Å². The fraction of sp³-hybridized carbons (Fsp3) is 0. The molecule has 0 aromatic carbocycles. The Morgan fingerprint density at radius 1 is 1.27 bits per heavy atom. The summed E-state index contributed by atoms with van der Waals surface area (Å²) in [7, 11) is 0. The number of amides is 1. The van der Waals surface area contributed by atoms with E-state index in [4.69, 9.17) is 5.73 Å². The van der Waals surface area contributed by atoms with Crippen LogP contribution in [0.1, 0.15) is 0 Å². The topological polar surface area (TPSA) is 60.2 Å². The smallest absolute Gasteiger partial charge is 0.249 e. The Balaban J connectivity index is 5.08. The summed E-state index contributed by atoms with van der Waals surface area (Å²) in [4.78, 5) is 20.8. The quantitative estimate of drug-likeness (QED) is 0.358. The Hall–Kier alpha value is -1.64. The predicted molar refractivity (Wildman–Crippen MR) is 42.7 cm³/mol. The van der Waals surface area contributed by atoms with E-state index in [1.54, 1.807) is 0 Å². The molecule has 0 aliphatic heterocycles. The van der Waals surface area contributed by atoms with E-state index >= 15 is 0 Å². The number of hydrogen-bond acceptors (Lipinski definition) is 2. The van der Waals surface area contributed by atoms with E-state index < -0.39 is 5.91 Å². The zero-order valence-corrected chi connectivity index (χ0v) is 6.04. The average molecular weight is 151 g/mol. The van der Waals surface area contributed by atoms with Crippen LogP contribution in [0.15, 0.2) is 36.5 Å². The molecule has 0 saturated carbocycles. The normalized spacial score (nSPS) is 11.3. The third-order valence-electron chi connectivity index (χ3n) is 1.13. The number of nitrogens with two attached hydrogens (primary N) is 1. The SMILES string of the molecule is C=C/C(C=O)=C(\C=C)C(N)=O. The van der Waals surface area contributed by atoms with Crippen molar-refractivity contribution in [3.8, 4) is 0 Å². The molecule has 0 rings (SSSR count). The van der Waals surface area contributed by atoms with Gasteiger partial charge < -0.3 is 5.73 Å². The van der Waals surface area contributed by atoms with Crippen LogP contribution in [0.5, 0.6) is 0 Å². The molecule has 0 aromatic heterocycles. The maximum Gasteiger partial charge on any atom is 0.249 e. The molecular formula is C8H9NO2. The van der Waals surface area contributed by atoms with Gasteiger partial charge in [-0.25, -0.2) is 0 Å². The Kier molecular flexibility index (Phi) is 3.59. The van der Waals surface area contributed by atoms with Crippen LogP contribution in [0.2, 0.25) is 0 Å². The summed E-state index contributed by atoms with van der Waals surface area (Å²) >= 11 is 0. The molecule has 0 aliphatic carbocycles. The molecule has 0 radical (unpaired) electrons. The highest BCUT2D eigenvalue weighted by molar-refractivity contribution is 6.01. The minimum Gasteiger partial charge on any atom is -0.366 e. The molecule has 3 nitrogen and oxygen atoms in total. The standard InChI is InChI=1S/C8H9NO2/c1-3-6(5-10)7(4-2)8(9)11/h3-5H,1-2H2,(H2,9,11)/b7-6-. The first-order valence-corrected chi connectivity index (χ1v) is 2.91. The van der Waals surface area contributed by atoms with Crippen LogP contribution in [-0.2, 0) is 9.59 Å². The molecule has 2 N–H and O–H groups in total. The minimum absolute atomic E-state index is 0.0926. The van der Waals surface area contributed by atoms with E-state index in [1.807, 2.05) is 0 Å². The van der Waals surface area contributed by atoms with Gasteiger partial charge in [0.2, 0.25) is 5.91 Å². The van der Waals surface area contributed by atoms with Crippen LogP contribution in [0.4, 0.5) is 0 Å². The van der Waals surface area contributed by atoms with E-state index in [0.29, 0.717) is 6.29 Å². The van der Waals surface area contributed by atoms with Crippen LogP contribution in [0.3, 0.4) is 0 Å². The first kappa shape index (κ1) is 9.36. The molecule has 0 heterocycles. The second-order valence-electron chi connectivity index (χ2n) is 1.76. The monoisotopic (exact) mass is 151 g/mol. The Bertz CT molecular complexity index is 228. The first-order chi connectivity index (χ1) is 5.17. The van der Waals surface area contributed by atoms with Crippen molar-refractivity contribution < 1.29 is 9.59 Å². The molecule has 0 atom stereocenters. The van der Waals surface area contributed by atoms with Gasteiger partial charge in [0.25, 0.3) is 0 Å². The number of rotatable bonds is 4. The molecule has 3 heteroatoms. The number of carbonyl (C=O) groups is 2. The molecule has 11 heavy (non-hydrogen) atoms. The summed E-state index contributed by atoms with van der Waals surface area (Å²) in [5, 5.41) is 0. The third kappa shape index (κ3) is 2.21. The van der Waals surface area contributed by atoms with Gasteiger partial charge in [0.1, 0.15) is 0 Å². The molecule has 0 saturated heterocycles. The molecule has 58 valence electrons. The van der Waals surface area contributed by atoms with Gasteiger partial charge in [-0.1, -0.05) is 25.3 Å². The summed E-state index contributed by atoms with van der Waals surface area (Å²) in [5.74, 6) is -0.679. The van der Waals surface area contributed by atoms with Gasteiger partial charge in [0.15, 0.2) is 6.29 Å². The largest absolute Gasteiger partial charge is 0.366 e. The number of carbonyl (C=O) groups excluding carboxylic acids is 2. The van der Waals surface area contributed by atoms with Gasteiger partial charge in [0.05, 0.1) is 0 Å². The van der Waals surface area contributed by atoms with Gasteiger partial charge in [0, 0.05) is 11.1 Å². The molecule has 0 fully saturated rings. The van der Waals surface area contributed by atoms with Crippen molar-refractivity contribution in [2.24, 2.45) is 5.73 Å². The van der Waals surface area contributed by atoms with Gasteiger partial charge in [-0.15, -0.1) is 0 Å². The summed E-state index contributed by atoms with van der Waals surface area (Å²) in [6.07, 6.45) is 3.00. The number of primary amides is 1. The second kappa shape index (κ2) is 4.22. The number of hydrogen-bond donors (Lipinski definition) is 1. The Morgan fingerprint density at radius 2 is 1.82 bits per heavy atom. The lowest BCUT2D eigenvalue weighted by Crippen LogP contribution is -2.14. The maximum atomic E-state index is 10.6. The highest BCUT2D eigenvalue weighted by atomic mass is 16.1. The lowest BCUT2D eigenvalue weighted by molar-refractivity contribution is -0.114. The van der Waals surface area contributed by atoms with E-state index in [2.05, 4.69) is 13.2 Å². The fourth-order valence-corrected chi connectivity index (χ4v) is 0.582. The van der Waals surface area contributed by atoms with E-state index in [9.17, 15) is 9.59 Å². The van der Waals surface area contributed by atoms with Crippen molar-refractivity contribution in [3.63, 3.8) is 0 Å². The highest BCUT2D eigenvalue weighted by Gasteiger charge is 2.04. The molecule has 0 bridgehead atoms. The van der Waals surface area contributed by atoms with Crippen molar-refractivity contribution in [2.75, 3.05) is 0 Å². The molecule has 1 amide bonds. The van der Waals surface area contributed by atoms with Crippen molar-refractivity contribution in [1.29, 1.82) is 0 Å². The maximum absolute atomic E-state index is 10.6.